The second kappa shape index (κ2) is 8.93. The van der Waals surface area contributed by atoms with Gasteiger partial charge in [0.2, 0.25) is 0 Å². The summed E-state index contributed by atoms with van der Waals surface area (Å²) in [5.41, 5.74) is 3.69. The average Bonchev–Trinajstić information content (AvgIpc) is 2.74. The summed E-state index contributed by atoms with van der Waals surface area (Å²) in [4.78, 5) is 0. The number of ether oxygens (including phenoxy) is 4. The monoisotopic (exact) mass is 402 g/mol. The van der Waals surface area contributed by atoms with Crippen LogP contribution in [-0.4, -0.2) is 64.8 Å². The van der Waals surface area contributed by atoms with Crippen molar-refractivity contribution in [1.29, 1.82) is 0 Å². The molecule has 0 spiro atoms. The molecule has 29 heavy (non-hydrogen) atoms. The maximum absolute atomic E-state index is 9.75. The average molecular weight is 403 g/mol. The van der Waals surface area contributed by atoms with Crippen LogP contribution >= 0.6 is 0 Å². The topological polar surface area (TPSA) is 57.2 Å². The molecule has 1 N–H and O–H groups in total. The number of hydrogen-bond donors (Lipinski definition) is 1. The molecule has 0 amide bonds. The summed E-state index contributed by atoms with van der Waals surface area (Å²) in [6, 6.07) is 10.5. The van der Waals surface area contributed by atoms with Gasteiger partial charge in [-0.3, -0.25) is 0 Å². The molecule has 6 heteroatoms. The molecule has 0 aliphatic carbocycles. The second-order valence-electron chi connectivity index (χ2n) is 7.72. The molecule has 158 valence electrons. The lowest BCUT2D eigenvalue weighted by Gasteiger charge is -2.45. The second-order valence-corrected chi connectivity index (χ2v) is 7.72. The van der Waals surface area contributed by atoms with E-state index in [0.717, 1.165) is 52.4 Å². The van der Waals surface area contributed by atoms with E-state index in [1.807, 2.05) is 12.1 Å². The maximum Gasteiger partial charge on any atom is 0.161 e. The van der Waals surface area contributed by atoms with Crippen molar-refractivity contribution in [3.63, 3.8) is 0 Å². The van der Waals surface area contributed by atoms with Crippen LogP contribution in [0.5, 0.6) is 23.0 Å². The van der Waals surface area contributed by atoms with Crippen molar-refractivity contribution in [3.05, 3.63) is 47.0 Å². The summed E-state index contributed by atoms with van der Waals surface area (Å²) >= 11 is 0. The molecular formula is C23H32NO5+. The fourth-order valence-electron chi connectivity index (χ4n) is 4.39. The van der Waals surface area contributed by atoms with Crippen LogP contribution in [0.1, 0.15) is 22.7 Å². The van der Waals surface area contributed by atoms with Gasteiger partial charge in [0.25, 0.3) is 0 Å². The van der Waals surface area contributed by atoms with E-state index in [1.165, 1.54) is 11.1 Å². The first-order chi connectivity index (χ1) is 14.0. The molecule has 1 heterocycles. The number of aliphatic hydroxyl groups excluding tert-OH is 1. The fraction of sp³-hybridized carbons (Fsp3) is 0.478. The molecule has 0 saturated heterocycles. The van der Waals surface area contributed by atoms with E-state index in [9.17, 15) is 5.11 Å². The Bertz CT molecular complexity index is 853. The Balaban J connectivity index is 2.06. The predicted molar refractivity (Wildman–Crippen MR) is 112 cm³/mol. The molecule has 3 rings (SSSR count). The van der Waals surface area contributed by atoms with Gasteiger partial charge >= 0.3 is 0 Å². The Morgan fingerprint density at radius 1 is 0.897 bits per heavy atom. The Labute approximate surface area is 173 Å². The van der Waals surface area contributed by atoms with Crippen LogP contribution in [0.4, 0.5) is 0 Å². The van der Waals surface area contributed by atoms with Crippen LogP contribution in [0.2, 0.25) is 0 Å². The van der Waals surface area contributed by atoms with Gasteiger partial charge in [-0.05, 0) is 35.4 Å². The first-order valence-electron chi connectivity index (χ1n) is 9.90. The van der Waals surface area contributed by atoms with Crippen LogP contribution in [0, 0.1) is 0 Å². The molecule has 1 aliphatic rings. The summed E-state index contributed by atoms with van der Waals surface area (Å²) in [6.45, 7) is 1.81. The first-order valence-corrected chi connectivity index (χ1v) is 9.90. The minimum absolute atomic E-state index is 0.154. The lowest BCUT2D eigenvalue weighted by molar-refractivity contribution is -0.941. The van der Waals surface area contributed by atoms with Gasteiger partial charge in [-0.15, -0.1) is 0 Å². The predicted octanol–water partition coefficient (Wildman–Crippen LogP) is 3.00. The van der Waals surface area contributed by atoms with E-state index >= 15 is 0 Å². The molecule has 6 nitrogen and oxygen atoms in total. The molecule has 0 saturated carbocycles. The zero-order valence-electron chi connectivity index (χ0n) is 18.0. The SMILES string of the molecule is COc1ccc(CC2c3cc(OC)c(OC)cc3CC[N+]2(C)CCO)cc1OC. The molecule has 0 aromatic heterocycles. The molecule has 0 radical (unpaired) electrons. The normalized spacial score (nSPS) is 20.7. The number of quaternary nitrogens is 1. The van der Waals surface area contributed by atoms with E-state index in [0.29, 0.717) is 6.54 Å². The van der Waals surface area contributed by atoms with Gasteiger partial charge in [0, 0.05) is 18.4 Å². The highest BCUT2D eigenvalue weighted by Crippen LogP contribution is 2.42. The Morgan fingerprint density at radius 3 is 2.14 bits per heavy atom. The van der Waals surface area contributed by atoms with Crippen molar-refractivity contribution in [2.24, 2.45) is 0 Å². The standard InChI is InChI=1S/C23H32NO5/c1-24(10-11-25)9-8-17-14-22(28-4)23(29-5)15-18(17)19(24)12-16-6-7-20(26-2)21(13-16)27-3/h6-7,13-15,19,25H,8-12H2,1-5H3/q+1. The quantitative estimate of drug-likeness (QED) is 0.688. The number of rotatable bonds is 8. The van der Waals surface area contributed by atoms with E-state index in [2.05, 4.69) is 25.2 Å². The number of nitrogens with zero attached hydrogens (tertiary/aromatic N) is 1. The largest absolute Gasteiger partial charge is 0.493 e. The minimum atomic E-state index is 0.154. The molecule has 2 aromatic carbocycles. The van der Waals surface area contributed by atoms with Crippen molar-refractivity contribution in [3.8, 4) is 23.0 Å². The molecule has 1 aliphatic heterocycles. The van der Waals surface area contributed by atoms with Crippen LogP contribution in [-0.2, 0) is 12.8 Å². The van der Waals surface area contributed by atoms with E-state index in [4.69, 9.17) is 18.9 Å². The Kier molecular flexibility index (Phi) is 6.55. The summed E-state index contributed by atoms with van der Waals surface area (Å²) < 4.78 is 22.7. The lowest BCUT2D eigenvalue weighted by Crippen LogP contribution is -2.53. The number of fused-ring (bicyclic) bond motifs is 1. The summed E-state index contributed by atoms with van der Waals surface area (Å²) in [5.74, 6) is 2.94. The van der Waals surface area contributed by atoms with Crippen LogP contribution in [0.25, 0.3) is 0 Å². The highest BCUT2D eigenvalue weighted by Gasteiger charge is 2.39. The van der Waals surface area contributed by atoms with Crippen molar-refractivity contribution in [2.45, 2.75) is 18.9 Å². The maximum atomic E-state index is 9.75. The highest BCUT2D eigenvalue weighted by molar-refractivity contribution is 5.50. The first kappa shape index (κ1) is 21.3. The number of likely N-dealkylation sites (N-methyl/N-ethyl adjacent to an activating group) is 1. The summed E-state index contributed by atoms with van der Waals surface area (Å²) in [6.07, 6.45) is 1.76. The van der Waals surface area contributed by atoms with Crippen LogP contribution in [0.3, 0.4) is 0 Å². The van der Waals surface area contributed by atoms with Gasteiger partial charge in [-0.25, -0.2) is 0 Å². The zero-order chi connectivity index (χ0) is 21.0. The Morgan fingerprint density at radius 2 is 1.52 bits per heavy atom. The molecule has 0 bridgehead atoms. The third kappa shape index (κ3) is 4.14. The number of aliphatic hydroxyl groups is 1. The van der Waals surface area contributed by atoms with E-state index in [-0.39, 0.29) is 12.6 Å². The van der Waals surface area contributed by atoms with Gasteiger partial charge in [-0.2, -0.15) is 0 Å². The van der Waals surface area contributed by atoms with Gasteiger partial charge in [-0.1, -0.05) is 6.07 Å². The van der Waals surface area contributed by atoms with Gasteiger partial charge in [0.05, 0.1) is 48.6 Å². The van der Waals surface area contributed by atoms with E-state index < -0.39 is 0 Å². The molecule has 0 fully saturated rings. The van der Waals surface area contributed by atoms with Crippen molar-refractivity contribution >= 4 is 0 Å². The molecule has 2 atom stereocenters. The lowest BCUT2D eigenvalue weighted by atomic mass is 9.86. The fourth-order valence-corrected chi connectivity index (χ4v) is 4.39. The minimum Gasteiger partial charge on any atom is -0.493 e. The molecule has 2 unspecified atom stereocenters. The van der Waals surface area contributed by atoms with Crippen molar-refractivity contribution in [2.75, 3.05) is 55.2 Å². The number of methoxy groups -OCH3 is 4. The summed E-state index contributed by atoms with van der Waals surface area (Å²) in [5, 5.41) is 9.75. The number of benzene rings is 2. The molecule has 2 aromatic rings. The van der Waals surface area contributed by atoms with Crippen molar-refractivity contribution < 1.29 is 28.5 Å². The Hall–Kier alpha value is -2.44. The number of hydrogen-bond acceptors (Lipinski definition) is 5. The van der Waals surface area contributed by atoms with Crippen LogP contribution in [0.15, 0.2) is 30.3 Å². The van der Waals surface area contributed by atoms with E-state index in [1.54, 1.807) is 28.4 Å². The summed E-state index contributed by atoms with van der Waals surface area (Å²) in [7, 11) is 8.85. The van der Waals surface area contributed by atoms with Gasteiger partial charge in [0.15, 0.2) is 23.0 Å². The van der Waals surface area contributed by atoms with Crippen LogP contribution < -0.4 is 18.9 Å². The van der Waals surface area contributed by atoms with Gasteiger partial charge < -0.3 is 28.5 Å². The van der Waals surface area contributed by atoms with Crippen molar-refractivity contribution in [1.82, 2.24) is 0 Å². The highest BCUT2D eigenvalue weighted by atomic mass is 16.5. The van der Waals surface area contributed by atoms with Gasteiger partial charge in [0.1, 0.15) is 12.6 Å². The molecular weight excluding hydrogens is 370 g/mol. The zero-order valence-corrected chi connectivity index (χ0v) is 18.0. The third-order valence-electron chi connectivity index (χ3n) is 6.14. The third-order valence-corrected chi connectivity index (χ3v) is 6.14. The smallest absolute Gasteiger partial charge is 0.161 e.